The molecule has 2 rings (SSSR count). The molecule has 1 atom stereocenters. The number of halogens is 1. The molecule has 5 nitrogen and oxygen atoms in total. The third-order valence-corrected chi connectivity index (χ3v) is 3.20. The monoisotopic (exact) mass is 299 g/mol. The van der Waals surface area contributed by atoms with E-state index in [1.54, 1.807) is 19.6 Å². The largest absolute Gasteiger partial charge is 0.457 e. The van der Waals surface area contributed by atoms with E-state index in [1.807, 2.05) is 16.8 Å². The van der Waals surface area contributed by atoms with Crippen LogP contribution >= 0.6 is 15.9 Å². The first kappa shape index (κ1) is 12.3. The Labute approximate surface area is 108 Å². The first-order valence-electron chi connectivity index (χ1n) is 5.23. The summed E-state index contributed by atoms with van der Waals surface area (Å²) in [6, 6.07) is 3.49. The molecule has 1 unspecified atom stereocenters. The maximum Gasteiger partial charge on any atom is 0.174 e. The van der Waals surface area contributed by atoms with Gasteiger partial charge in [-0.1, -0.05) is 0 Å². The van der Waals surface area contributed by atoms with E-state index in [2.05, 4.69) is 21.0 Å². The van der Waals surface area contributed by atoms with Gasteiger partial charge in [0.2, 0.25) is 0 Å². The summed E-state index contributed by atoms with van der Waals surface area (Å²) >= 11 is 3.33. The summed E-state index contributed by atoms with van der Waals surface area (Å²) in [6.45, 7) is 1.29. The SMILES string of the molecule is COCCn1nccc1C(N)c1ccoc1Br. The van der Waals surface area contributed by atoms with E-state index < -0.39 is 0 Å². The summed E-state index contributed by atoms with van der Waals surface area (Å²) in [5.74, 6) is 0. The van der Waals surface area contributed by atoms with Crippen molar-refractivity contribution in [2.75, 3.05) is 13.7 Å². The fraction of sp³-hybridized carbons (Fsp3) is 0.364. The van der Waals surface area contributed by atoms with Gasteiger partial charge in [-0.05, 0) is 28.1 Å². The molecule has 0 radical (unpaired) electrons. The van der Waals surface area contributed by atoms with Crippen LogP contribution in [0, 0.1) is 0 Å². The molecule has 6 heteroatoms. The van der Waals surface area contributed by atoms with Crippen LogP contribution in [0.1, 0.15) is 17.3 Å². The topological polar surface area (TPSA) is 66.2 Å². The van der Waals surface area contributed by atoms with E-state index in [9.17, 15) is 0 Å². The van der Waals surface area contributed by atoms with E-state index in [4.69, 9.17) is 14.9 Å². The van der Waals surface area contributed by atoms with Crippen LogP contribution in [0.25, 0.3) is 0 Å². The number of methoxy groups -OCH3 is 1. The molecule has 92 valence electrons. The summed E-state index contributed by atoms with van der Waals surface area (Å²) in [5, 5.41) is 4.23. The molecule has 2 aromatic rings. The molecule has 2 aromatic heterocycles. The van der Waals surface area contributed by atoms with Gasteiger partial charge in [0.1, 0.15) is 0 Å². The lowest BCUT2D eigenvalue weighted by molar-refractivity contribution is 0.182. The Morgan fingerprint density at radius 1 is 1.59 bits per heavy atom. The van der Waals surface area contributed by atoms with Crippen molar-refractivity contribution >= 4 is 15.9 Å². The second-order valence-corrected chi connectivity index (χ2v) is 4.32. The number of hydrogen-bond donors (Lipinski definition) is 1. The Morgan fingerprint density at radius 2 is 2.41 bits per heavy atom. The highest BCUT2D eigenvalue weighted by Gasteiger charge is 2.18. The third kappa shape index (κ3) is 2.59. The fourth-order valence-electron chi connectivity index (χ4n) is 1.66. The van der Waals surface area contributed by atoms with Crippen LogP contribution in [0.3, 0.4) is 0 Å². The standard InChI is InChI=1S/C11H14BrN3O2/c1-16-7-5-15-9(2-4-14-15)10(13)8-3-6-17-11(8)12/h2-4,6,10H,5,7,13H2,1H3. The van der Waals surface area contributed by atoms with Gasteiger partial charge in [-0.25, -0.2) is 0 Å². The van der Waals surface area contributed by atoms with Crippen molar-refractivity contribution in [2.45, 2.75) is 12.6 Å². The van der Waals surface area contributed by atoms with Gasteiger partial charge in [-0.15, -0.1) is 0 Å². The number of hydrogen-bond acceptors (Lipinski definition) is 4. The zero-order valence-electron chi connectivity index (χ0n) is 9.47. The van der Waals surface area contributed by atoms with Crippen LogP contribution in [-0.2, 0) is 11.3 Å². The molecule has 0 amide bonds. The van der Waals surface area contributed by atoms with E-state index >= 15 is 0 Å². The van der Waals surface area contributed by atoms with Gasteiger partial charge < -0.3 is 14.9 Å². The normalized spacial score (nSPS) is 12.9. The van der Waals surface area contributed by atoms with Gasteiger partial charge in [0.25, 0.3) is 0 Å². The quantitative estimate of drug-likeness (QED) is 0.916. The average molecular weight is 300 g/mol. The van der Waals surface area contributed by atoms with Crippen molar-refractivity contribution in [3.63, 3.8) is 0 Å². The molecule has 0 aliphatic heterocycles. The second-order valence-electron chi connectivity index (χ2n) is 3.60. The number of rotatable bonds is 5. The first-order valence-corrected chi connectivity index (χ1v) is 6.02. The van der Waals surface area contributed by atoms with Crippen molar-refractivity contribution in [1.82, 2.24) is 9.78 Å². The molecule has 0 saturated heterocycles. The molecular formula is C11H14BrN3O2. The molecule has 0 spiro atoms. The van der Waals surface area contributed by atoms with Gasteiger partial charge in [0, 0.05) is 18.9 Å². The Hall–Kier alpha value is -1.11. The van der Waals surface area contributed by atoms with Gasteiger partial charge in [-0.2, -0.15) is 5.10 Å². The number of nitrogens with two attached hydrogens (primary N) is 1. The highest BCUT2D eigenvalue weighted by atomic mass is 79.9. The number of nitrogens with zero attached hydrogens (tertiary/aromatic N) is 2. The molecule has 0 fully saturated rings. The minimum Gasteiger partial charge on any atom is -0.457 e. The van der Waals surface area contributed by atoms with E-state index in [0.29, 0.717) is 17.8 Å². The summed E-state index contributed by atoms with van der Waals surface area (Å²) in [4.78, 5) is 0. The Kier molecular flexibility index (Phi) is 3.98. The average Bonchev–Trinajstić information content (AvgIpc) is 2.94. The Balaban J connectivity index is 2.22. The molecule has 0 bridgehead atoms. The van der Waals surface area contributed by atoms with Gasteiger partial charge >= 0.3 is 0 Å². The Bertz CT molecular complexity index is 481. The smallest absolute Gasteiger partial charge is 0.174 e. The fourth-order valence-corrected chi connectivity index (χ4v) is 2.14. The molecule has 2 N–H and O–H groups in total. The highest BCUT2D eigenvalue weighted by Crippen LogP contribution is 2.27. The predicted octanol–water partition coefficient (Wildman–Crippen LogP) is 1.93. The zero-order valence-corrected chi connectivity index (χ0v) is 11.1. The molecule has 17 heavy (non-hydrogen) atoms. The van der Waals surface area contributed by atoms with E-state index in [1.165, 1.54) is 0 Å². The van der Waals surface area contributed by atoms with Crippen molar-refractivity contribution in [3.05, 3.63) is 40.5 Å². The lowest BCUT2D eigenvalue weighted by Gasteiger charge is -2.13. The summed E-state index contributed by atoms with van der Waals surface area (Å²) in [5.41, 5.74) is 8.03. The Morgan fingerprint density at radius 3 is 3.06 bits per heavy atom. The minimum absolute atomic E-state index is 0.262. The van der Waals surface area contributed by atoms with Gasteiger partial charge in [0.15, 0.2) is 4.67 Å². The molecule has 0 aromatic carbocycles. The number of furan rings is 1. The summed E-state index contributed by atoms with van der Waals surface area (Å²) < 4.78 is 12.7. The summed E-state index contributed by atoms with van der Waals surface area (Å²) in [6.07, 6.45) is 3.34. The molecule has 0 saturated carbocycles. The van der Waals surface area contributed by atoms with Crippen molar-refractivity contribution in [3.8, 4) is 0 Å². The first-order chi connectivity index (χ1) is 8.24. The minimum atomic E-state index is -0.262. The third-order valence-electron chi connectivity index (χ3n) is 2.56. The maximum atomic E-state index is 6.19. The van der Waals surface area contributed by atoms with Crippen LogP contribution in [0.2, 0.25) is 0 Å². The maximum absolute atomic E-state index is 6.19. The van der Waals surface area contributed by atoms with Crippen LogP contribution in [0.5, 0.6) is 0 Å². The van der Waals surface area contributed by atoms with Crippen LogP contribution in [-0.4, -0.2) is 23.5 Å². The van der Waals surface area contributed by atoms with Gasteiger partial charge in [0.05, 0.1) is 31.2 Å². The van der Waals surface area contributed by atoms with E-state index in [0.717, 1.165) is 11.3 Å². The lowest BCUT2D eigenvalue weighted by Crippen LogP contribution is -2.18. The molecule has 0 aliphatic carbocycles. The van der Waals surface area contributed by atoms with Crippen molar-refractivity contribution in [2.24, 2.45) is 5.73 Å². The second kappa shape index (κ2) is 5.48. The summed E-state index contributed by atoms with van der Waals surface area (Å²) in [7, 11) is 1.66. The number of aromatic nitrogens is 2. The van der Waals surface area contributed by atoms with Crippen LogP contribution in [0.15, 0.2) is 33.7 Å². The lowest BCUT2D eigenvalue weighted by atomic mass is 10.1. The molecule has 2 heterocycles. The van der Waals surface area contributed by atoms with Crippen molar-refractivity contribution in [1.29, 1.82) is 0 Å². The van der Waals surface area contributed by atoms with Crippen LogP contribution < -0.4 is 5.73 Å². The molecular weight excluding hydrogens is 286 g/mol. The van der Waals surface area contributed by atoms with Crippen LogP contribution in [0.4, 0.5) is 0 Å². The zero-order chi connectivity index (χ0) is 12.3. The van der Waals surface area contributed by atoms with E-state index in [-0.39, 0.29) is 6.04 Å². The highest BCUT2D eigenvalue weighted by molar-refractivity contribution is 9.10. The molecule has 0 aliphatic rings. The van der Waals surface area contributed by atoms with Crippen molar-refractivity contribution < 1.29 is 9.15 Å². The number of ether oxygens (including phenoxy) is 1. The van der Waals surface area contributed by atoms with Gasteiger partial charge in [-0.3, -0.25) is 4.68 Å². The predicted molar refractivity (Wildman–Crippen MR) is 66.5 cm³/mol.